The van der Waals surface area contributed by atoms with Crippen LogP contribution in [-0.4, -0.2) is 23.5 Å². The highest BCUT2D eigenvalue weighted by atomic mass is 16.5. The van der Waals surface area contributed by atoms with Gasteiger partial charge in [0.2, 0.25) is 11.8 Å². The molecule has 0 saturated heterocycles. The monoisotopic (exact) mass is 209 g/mol. The van der Waals surface area contributed by atoms with Gasteiger partial charge in [0.05, 0.1) is 7.11 Å². The summed E-state index contributed by atoms with van der Waals surface area (Å²) in [6, 6.07) is 5.25. The molecule has 82 valence electrons. The van der Waals surface area contributed by atoms with Crippen molar-refractivity contribution < 1.29 is 9.53 Å². The Labute approximate surface area is 88.6 Å². The van der Waals surface area contributed by atoms with Gasteiger partial charge in [0.15, 0.2) is 0 Å². The third-order valence-corrected chi connectivity index (χ3v) is 1.99. The van der Waals surface area contributed by atoms with Gasteiger partial charge in [-0.2, -0.15) is 4.98 Å². The Kier molecular flexibility index (Phi) is 3.14. The molecule has 3 N–H and O–H groups in total. The topological polar surface area (TPSA) is 77.2 Å². The highest BCUT2D eigenvalue weighted by molar-refractivity contribution is 5.86. The van der Waals surface area contributed by atoms with Crippen molar-refractivity contribution in [3.8, 4) is 5.88 Å². The summed E-state index contributed by atoms with van der Waals surface area (Å²) in [6.07, 6.45) is 0. The zero-order valence-corrected chi connectivity index (χ0v) is 9.07. The number of nitrogens with zero attached hydrogens (tertiary/aromatic N) is 1. The number of primary amides is 1. The van der Waals surface area contributed by atoms with E-state index in [9.17, 15) is 4.79 Å². The number of methoxy groups -OCH3 is 1. The van der Waals surface area contributed by atoms with E-state index in [1.807, 2.05) is 0 Å². The van der Waals surface area contributed by atoms with Crippen molar-refractivity contribution in [1.29, 1.82) is 0 Å². The van der Waals surface area contributed by atoms with E-state index < -0.39 is 11.4 Å². The van der Waals surface area contributed by atoms with E-state index in [1.54, 1.807) is 32.0 Å². The molecule has 1 aromatic heterocycles. The Balaban J connectivity index is 2.85. The standard InChI is InChI=1S/C10H15N3O2/c1-10(2,9(11)14)13-7-5-4-6-8(12-7)15-3/h4-6H,1-3H3,(H2,11,14)(H,12,13). The average Bonchev–Trinajstić information content (AvgIpc) is 2.17. The SMILES string of the molecule is COc1cccc(NC(C)(C)C(N)=O)n1. The van der Waals surface area contributed by atoms with Crippen LogP contribution < -0.4 is 15.8 Å². The van der Waals surface area contributed by atoms with Crippen molar-refractivity contribution in [2.45, 2.75) is 19.4 Å². The summed E-state index contributed by atoms with van der Waals surface area (Å²) >= 11 is 0. The van der Waals surface area contributed by atoms with Crippen LogP contribution in [0.3, 0.4) is 0 Å². The van der Waals surface area contributed by atoms with Crippen LogP contribution in [0.15, 0.2) is 18.2 Å². The molecule has 0 fully saturated rings. The summed E-state index contributed by atoms with van der Waals surface area (Å²) in [6.45, 7) is 3.38. The Morgan fingerprint density at radius 2 is 2.20 bits per heavy atom. The van der Waals surface area contributed by atoms with Crippen LogP contribution in [-0.2, 0) is 4.79 Å². The number of nitrogens with two attached hydrogens (primary N) is 1. The van der Waals surface area contributed by atoms with E-state index in [0.29, 0.717) is 11.7 Å². The maximum atomic E-state index is 11.1. The highest BCUT2D eigenvalue weighted by Crippen LogP contribution is 2.15. The molecule has 0 saturated carbocycles. The first-order valence-electron chi connectivity index (χ1n) is 4.55. The summed E-state index contributed by atoms with van der Waals surface area (Å²) in [4.78, 5) is 15.2. The van der Waals surface area contributed by atoms with E-state index in [1.165, 1.54) is 7.11 Å². The van der Waals surface area contributed by atoms with Crippen LogP contribution in [0, 0.1) is 0 Å². The summed E-state index contributed by atoms with van der Waals surface area (Å²) in [5.41, 5.74) is 4.39. The van der Waals surface area contributed by atoms with Crippen molar-refractivity contribution in [3.05, 3.63) is 18.2 Å². The molecule has 0 bridgehead atoms. The Bertz CT molecular complexity index is 363. The zero-order chi connectivity index (χ0) is 11.5. The van der Waals surface area contributed by atoms with Gasteiger partial charge in [-0.3, -0.25) is 4.79 Å². The van der Waals surface area contributed by atoms with Gasteiger partial charge in [0.25, 0.3) is 0 Å². The minimum absolute atomic E-state index is 0.438. The summed E-state index contributed by atoms with van der Waals surface area (Å²) in [5.74, 6) is 0.602. The molecule has 5 heteroatoms. The van der Waals surface area contributed by atoms with Gasteiger partial charge in [-0.15, -0.1) is 0 Å². The molecule has 0 spiro atoms. The third kappa shape index (κ3) is 2.83. The average molecular weight is 209 g/mol. The fraction of sp³-hybridized carbons (Fsp3) is 0.400. The molecule has 1 aromatic rings. The quantitative estimate of drug-likeness (QED) is 0.767. The van der Waals surface area contributed by atoms with Gasteiger partial charge in [-0.25, -0.2) is 0 Å². The molecular weight excluding hydrogens is 194 g/mol. The molecule has 0 aromatic carbocycles. The van der Waals surface area contributed by atoms with E-state index >= 15 is 0 Å². The van der Waals surface area contributed by atoms with Crippen LogP contribution in [0.5, 0.6) is 5.88 Å². The number of nitrogens with one attached hydrogen (secondary N) is 1. The Hall–Kier alpha value is -1.78. The van der Waals surface area contributed by atoms with Crippen molar-refractivity contribution in [2.75, 3.05) is 12.4 Å². The molecule has 1 rings (SSSR count). The first-order valence-corrected chi connectivity index (χ1v) is 4.55. The molecule has 0 aliphatic carbocycles. The molecule has 5 nitrogen and oxygen atoms in total. The van der Waals surface area contributed by atoms with Crippen LogP contribution >= 0.6 is 0 Å². The van der Waals surface area contributed by atoms with Gasteiger partial charge < -0.3 is 15.8 Å². The first kappa shape index (κ1) is 11.3. The van der Waals surface area contributed by atoms with Crippen molar-refractivity contribution in [2.24, 2.45) is 5.73 Å². The molecule has 0 atom stereocenters. The van der Waals surface area contributed by atoms with Crippen LogP contribution in [0.4, 0.5) is 5.82 Å². The number of pyridine rings is 1. The smallest absolute Gasteiger partial charge is 0.242 e. The molecule has 0 aliphatic heterocycles. The fourth-order valence-electron chi connectivity index (χ4n) is 0.980. The Morgan fingerprint density at radius 1 is 1.53 bits per heavy atom. The molecule has 0 unspecified atom stereocenters. The number of amides is 1. The third-order valence-electron chi connectivity index (χ3n) is 1.99. The van der Waals surface area contributed by atoms with Crippen molar-refractivity contribution >= 4 is 11.7 Å². The van der Waals surface area contributed by atoms with E-state index in [4.69, 9.17) is 10.5 Å². The number of anilines is 1. The molecule has 0 radical (unpaired) electrons. The van der Waals surface area contributed by atoms with Crippen LogP contribution in [0.2, 0.25) is 0 Å². The zero-order valence-electron chi connectivity index (χ0n) is 9.07. The predicted molar refractivity (Wildman–Crippen MR) is 57.7 cm³/mol. The van der Waals surface area contributed by atoms with Crippen LogP contribution in [0.25, 0.3) is 0 Å². The lowest BCUT2D eigenvalue weighted by Gasteiger charge is -2.22. The highest BCUT2D eigenvalue weighted by Gasteiger charge is 2.24. The van der Waals surface area contributed by atoms with Crippen molar-refractivity contribution in [1.82, 2.24) is 4.98 Å². The van der Waals surface area contributed by atoms with Gasteiger partial charge in [-0.1, -0.05) is 6.07 Å². The lowest BCUT2D eigenvalue weighted by atomic mass is 10.1. The van der Waals surface area contributed by atoms with Crippen molar-refractivity contribution in [3.63, 3.8) is 0 Å². The second kappa shape index (κ2) is 4.16. The summed E-state index contributed by atoms with van der Waals surface area (Å²) in [7, 11) is 1.53. The maximum absolute atomic E-state index is 11.1. The lowest BCUT2D eigenvalue weighted by Crippen LogP contribution is -2.45. The van der Waals surface area contributed by atoms with E-state index in [0.717, 1.165) is 0 Å². The second-order valence-corrected chi connectivity index (χ2v) is 3.68. The number of rotatable bonds is 4. The van der Waals surface area contributed by atoms with Gasteiger partial charge >= 0.3 is 0 Å². The molecule has 0 aliphatic rings. The van der Waals surface area contributed by atoms with E-state index in [2.05, 4.69) is 10.3 Å². The summed E-state index contributed by atoms with van der Waals surface area (Å²) < 4.78 is 4.96. The number of hydrogen-bond donors (Lipinski definition) is 2. The number of carbonyl (C=O) groups excluding carboxylic acids is 1. The normalized spacial score (nSPS) is 10.9. The second-order valence-electron chi connectivity index (χ2n) is 3.68. The minimum Gasteiger partial charge on any atom is -0.481 e. The maximum Gasteiger partial charge on any atom is 0.242 e. The van der Waals surface area contributed by atoms with Gasteiger partial charge in [0, 0.05) is 6.07 Å². The lowest BCUT2D eigenvalue weighted by molar-refractivity contribution is -0.121. The fourth-order valence-corrected chi connectivity index (χ4v) is 0.980. The number of hydrogen-bond acceptors (Lipinski definition) is 4. The first-order chi connectivity index (χ1) is 6.95. The number of aromatic nitrogens is 1. The summed E-state index contributed by atoms with van der Waals surface area (Å²) in [5, 5.41) is 2.93. The Morgan fingerprint density at radius 3 is 2.73 bits per heavy atom. The number of carbonyl (C=O) groups is 1. The van der Waals surface area contributed by atoms with Gasteiger partial charge in [-0.05, 0) is 19.9 Å². The minimum atomic E-state index is -0.834. The predicted octanol–water partition coefficient (Wildman–Crippen LogP) is 0.766. The van der Waals surface area contributed by atoms with Crippen LogP contribution in [0.1, 0.15) is 13.8 Å². The molecular formula is C10H15N3O2. The molecule has 1 heterocycles. The van der Waals surface area contributed by atoms with E-state index in [-0.39, 0.29) is 0 Å². The molecule has 1 amide bonds. The molecule has 15 heavy (non-hydrogen) atoms. The largest absolute Gasteiger partial charge is 0.481 e. The van der Waals surface area contributed by atoms with Gasteiger partial charge in [0.1, 0.15) is 11.4 Å². The number of ether oxygens (including phenoxy) is 1.